The van der Waals surface area contributed by atoms with Crippen LogP contribution in [0.2, 0.25) is 0 Å². The quantitative estimate of drug-likeness (QED) is 0.668. The number of hydrogen-bond donors (Lipinski definition) is 1. The molecule has 0 unspecified atom stereocenters. The van der Waals surface area contributed by atoms with Gasteiger partial charge in [-0.05, 0) is 12.1 Å². The molecule has 0 aliphatic rings. The summed E-state index contributed by atoms with van der Waals surface area (Å²) in [5.74, 6) is -0.427. The number of hydrogen-bond acceptors (Lipinski definition) is 2. The number of guanidine groups is 1. The Kier molecular flexibility index (Phi) is 4.40. The molecule has 0 heterocycles. The maximum absolute atomic E-state index is 12.3. The van der Waals surface area contributed by atoms with Crippen LogP contribution in [0, 0.1) is 0 Å². The van der Waals surface area contributed by atoms with Gasteiger partial charge in [0.25, 0.3) is 0 Å². The number of alkyl halides is 3. The van der Waals surface area contributed by atoms with Crippen molar-refractivity contribution >= 4 is 21.7 Å². The van der Waals surface area contributed by atoms with Crippen LogP contribution in [0.25, 0.3) is 0 Å². The number of anilines is 1. The van der Waals surface area contributed by atoms with Crippen molar-refractivity contribution in [3.63, 3.8) is 0 Å². The van der Waals surface area contributed by atoms with Gasteiger partial charge < -0.3 is 10.2 Å². The first-order valence-corrected chi connectivity index (χ1v) is 6.48. The summed E-state index contributed by atoms with van der Waals surface area (Å²) < 4.78 is 61.5. The van der Waals surface area contributed by atoms with Gasteiger partial charge in [0.1, 0.15) is 0 Å². The summed E-state index contributed by atoms with van der Waals surface area (Å²) in [7, 11) is -2.83. The molecule has 1 aromatic carbocycles. The van der Waals surface area contributed by atoms with Crippen molar-refractivity contribution < 1.29 is 21.6 Å². The molecule has 0 amide bonds. The topological polar surface area (TPSA) is 61.8 Å². The average molecular weight is 295 g/mol. The molecular weight excluding hydrogens is 283 g/mol. The van der Waals surface area contributed by atoms with E-state index in [9.17, 15) is 21.6 Å². The molecule has 0 aliphatic heterocycles. The van der Waals surface area contributed by atoms with E-state index in [0.29, 0.717) is 5.69 Å². The van der Waals surface area contributed by atoms with Crippen LogP contribution in [-0.2, 0) is 10.0 Å². The summed E-state index contributed by atoms with van der Waals surface area (Å²) >= 11 is 0. The standard InChI is InChI=1S/C10H12F3N3O2S/c1-16(2)9(14-8-6-4-3-5-7-8)15-19(17,18)10(11,12)13/h3-7H,1-2H3,(H,14,15). The minimum absolute atomic E-state index is 0.423. The predicted octanol–water partition coefficient (Wildman–Crippen LogP) is 1.87. The van der Waals surface area contributed by atoms with E-state index in [4.69, 9.17) is 0 Å². The molecule has 0 saturated carbocycles. The number of benzene rings is 1. The van der Waals surface area contributed by atoms with Gasteiger partial charge in [0.2, 0.25) is 5.96 Å². The van der Waals surface area contributed by atoms with Crippen LogP contribution < -0.4 is 5.32 Å². The lowest BCUT2D eigenvalue weighted by Crippen LogP contribution is -2.33. The second-order valence-electron chi connectivity index (χ2n) is 3.72. The number of halogens is 3. The second kappa shape index (κ2) is 5.47. The van der Waals surface area contributed by atoms with Gasteiger partial charge in [0.05, 0.1) is 0 Å². The molecule has 1 N–H and O–H groups in total. The summed E-state index contributed by atoms with van der Waals surface area (Å²) in [6.45, 7) is 0. The van der Waals surface area contributed by atoms with Gasteiger partial charge >= 0.3 is 15.5 Å². The van der Waals surface area contributed by atoms with E-state index in [1.807, 2.05) is 0 Å². The highest BCUT2D eigenvalue weighted by molar-refractivity contribution is 7.91. The molecular formula is C10H12F3N3O2S. The lowest BCUT2D eigenvalue weighted by atomic mass is 10.3. The Bertz CT molecular complexity index is 553. The highest BCUT2D eigenvalue weighted by atomic mass is 32.2. The first kappa shape index (κ1) is 15.3. The Hall–Kier alpha value is -1.77. The molecule has 1 rings (SSSR count). The molecule has 0 bridgehead atoms. The molecule has 0 fully saturated rings. The minimum Gasteiger partial charge on any atom is -0.348 e. The van der Waals surface area contributed by atoms with Crippen LogP contribution >= 0.6 is 0 Å². The molecule has 0 atom stereocenters. The van der Waals surface area contributed by atoms with Gasteiger partial charge in [0.15, 0.2) is 0 Å². The van der Waals surface area contributed by atoms with Crippen molar-refractivity contribution in [2.24, 2.45) is 4.40 Å². The zero-order chi connectivity index (χ0) is 14.7. The third-order valence-electron chi connectivity index (χ3n) is 1.95. The van der Waals surface area contributed by atoms with E-state index in [1.165, 1.54) is 14.1 Å². The van der Waals surface area contributed by atoms with Gasteiger partial charge in [-0.1, -0.05) is 18.2 Å². The predicted molar refractivity (Wildman–Crippen MR) is 66.2 cm³/mol. The Morgan fingerprint density at radius 3 is 2.16 bits per heavy atom. The first-order chi connectivity index (χ1) is 8.63. The van der Waals surface area contributed by atoms with Gasteiger partial charge in [-0.15, -0.1) is 4.40 Å². The SMILES string of the molecule is CN(C)/C(=N\S(=O)(=O)C(F)(F)F)Nc1ccccc1. The molecule has 0 aliphatic carbocycles. The van der Waals surface area contributed by atoms with Crippen molar-refractivity contribution in [2.45, 2.75) is 5.51 Å². The molecule has 106 valence electrons. The van der Waals surface area contributed by atoms with E-state index >= 15 is 0 Å². The fraction of sp³-hybridized carbons (Fsp3) is 0.300. The van der Waals surface area contributed by atoms with Crippen LogP contribution in [0.15, 0.2) is 34.7 Å². The Morgan fingerprint density at radius 1 is 1.21 bits per heavy atom. The maximum atomic E-state index is 12.3. The lowest BCUT2D eigenvalue weighted by Gasteiger charge is -2.17. The van der Waals surface area contributed by atoms with E-state index in [0.717, 1.165) is 4.90 Å². The fourth-order valence-electron chi connectivity index (χ4n) is 1.03. The highest BCUT2D eigenvalue weighted by Crippen LogP contribution is 2.25. The fourth-order valence-corrected chi connectivity index (χ4v) is 1.57. The molecule has 0 spiro atoms. The summed E-state index contributed by atoms with van der Waals surface area (Å²) in [5.41, 5.74) is -5.00. The summed E-state index contributed by atoms with van der Waals surface area (Å²) in [4.78, 5) is 1.14. The van der Waals surface area contributed by atoms with Crippen molar-refractivity contribution in [1.29, 1.82) is 0 Å². The highest BCUT2D eigenvalue weighted by Gasteiger charge is 2.46. The van der Waals surface area contributed by atoms with Crippen LogP contribution in [-0.4, -0.2) is 38.9 Å². The minimum atomic E-state index is -5.58. The average Bonchev–Trinajstić information content (AvgIpc) is 2.27. The number of para-hydroxylation sites is 1. The zero-order valence-corrected chi connectivity index (χ0v) is 11.0. The smallest absolute Gasteiger partial charge is 0.348 e. The lowest BCUT2D eigenvalue weighted by molar-refractivity contribution is -0.0435. The van der Waals surface area contributed by atoms with E-state index in [1.54, 1.807) is 30.3 Å². The van der Waals surface area contributed by atoms with Gasteiger partial charge in [-0.25, -0.2) is 0 Å². The first-order valence-electron chi connectivity index (χ1n) is 5.04. The van der Waals surface area contributed by atoms with Gasteiger partial charge in [-0.2, -0.15) is 21.6 Å². The molecule has 5 nitrogen and oxygen atoms in total. The summed E-state index contributed by atoms with van der Waals surface area (Å²) in [5, 5.41) is 2.50. The number of nitrogens with one attached hydrogen (secondary N) is 1. The van der Waals surface area contributed by atoms with Gasteiger partial charge in [0, 0.05) is 19.8 Å². The Balaban J connectivity index is 3.10. The molecule has 0 saturated heterocycles. The van der Waals surface area contributed by atoms with Crippen LogP contribution in [0.1, 0.15) is 0 Å². The second-order valence-corrected chi connectivity index (χ2v) is 5.32. The third kappa shape index (κ3) is 4.12. The number of rotatable bonds is 2. The largest absolute Gasteiger partial charge is 0.518 e. The van der Waals surface area contributed by atoms with Crippen LogP contribution in [0.5, 0.6) is 0 Å². The monoisotopic (exact) mass is 295 g/mol. The van der Waals surface area contributed by atoms with Crippen LogP contribution in [0.3, 0.4) is 0 Å². The van der Waals surface area contributed by atoms with Gasteiger partial charge in [-0.3, -0.25) is 0 Å². The zero-order valence-electron chi connectivity index (χ0n) is 10.1. The number of sulfonamides is 1. The van der Waals surface area contributed by atoms with Crippen molar-refractivity contribution in [3.8, 4) is 0 Å². The van der Waals surface area contributed by atoms with Crippen molar-refractivity contribution in [2.75, 3.05) is 19.4 Å². The van der Waals surface area contributed by atoms with E-state index in [-0.39, 0.29) is 0 Å². The molecule has 0 radical (unpaired) electrons. The summed E-state index contributed by atoms with van der Waals surface area (Å²) in [6.07, 6.45) is 0. The number of nitrogens with zero attached hydrogens (tertiary/aromatic N) is 2. The molecule has 1 aromatic rings. The molecule has 0 aromatic heterocycles. The van der Waals surface area contributed by atoms with E-state index < -0.39 is 21.5 Å². The normalized spacial score (nSPS) is 13.2. The van der Waals surface area contributed by atoms with Crippen molar-refractivity contribution in [3.05, 3.63) is 30.3 Å². The Labute approximate surface area is 108 Å². The Morgan fingerprint density at radius 2 is 1.74 bits per heavy atom. The molecule has 9 heteroatoms. The molecule has 19 heavy (non-hydrogen) atoms. The maximum Gasteiger partial charge on any atom is 0.518 e. The third-order valence-corrected chi connectivity index (χ3v) is 2.95. The summed E-state index contributed by atoms with van der Waals surface area (Å²) in [6, 6.07) is 8.14. The van der Waals surface area contributed by atoms with Crippen molar-refractivity contribution in [1.82, 2.24) is 4.90 Å². The van der Waals surface area contributed by atoms with Crippen LogP contribution in [0.4, 0.5) is 18.9 Å². The van der Waals surface area contributed by atoms with E-state index in [2.05, 4.69) is 9.71 Å².